The van der Waals surface area contributed by atoms with Crippen molar-refractivity contribution < 1.29 is 22.7 Å². The van der Waals surface area contributed by atoms with Gasteiger partial charge in [-0.1, -0.05) is 23.1 Å². The minimum Gasteiger partial charge on any atom is -0.444 e. The van der Waals surface area contributed by atoms with Crippen LogP contribution in [0.4, 0.5) is 18.0 Å². The molecule has 1 saturated heterocycles. The minimum atomic E-state index is -4.78. The summed E-state index contributed by atoms with van der Waals surface area (Å²) in [5, 5.41) is 0. The van der Waals surface area contributed by atoms with Crippen molar-refractivity contribution in [3.63, 3.8) is 0 Å². The lowest BCUT2D eigenvalue weighted by molar-refractivity contribution is -0.148. The third-order valence-corrected chi connectivity index (χ3v) is 6.24. The second-order valence-corrected chi connectivity index (χ2v) is 9.80. The Bertz CT molecular complexity index is 981. The number of alkyl halides is 3. The van der Waals surface area contributed by atoms with E-state index < -0.39 is 29.3 Å². The maximum absolute atomic E-state index is 13.6. The number of fused-ring (bicyclic) bond motifs is 1. The van der Waals surface area contributed by atoms with Gasteiger partial charge in [0.1, 0.15) is 5.60 Å². The number of hydrogen-bond acceptors (Lipinski definition) is 7. The van der Waals surface area contributed by atoms with E-state index in [2.05, 4.69) is 9.97 Å². The molecule has 1 fully saturated rings. The van der Waals surface area contributed by atoms with E-state index in [-0.39, 0.29) is 29.4 Å². The number of ether oxygens (including phenoxy) is 1. The quantitative estimate of drug-likeness (QED) is 0.661. The number of carbonyl (C=O) groups is 1. The summed E-state index contributed by atoms with van der Waals surface area (Å²) in [4.78, 5) is 34.2. The molecule has 1 atom stereocenters. The van der Waals surface area contributed by atoms with Gasteiger partial charge in [0.2, 0.25) is 5.82 Å². The van der Waals surface area contributed by atoms with Crippen molar-refractivity contribution in [2.24, 2.45) is 5.92 Å². The van der Waals surface area contributed by atoms with Gasteiger partial charge in [0.05, 0.1) is 0 Å². The highest BCUT2D eigenvalue weighted by molar-refractivity contribution is 8.00. The Hall–Kier alpha value is -1.82. The Morgan fingerprint density at radius 2 is 2.00 bits per heavy atom. The van der Waals surface area contributed by atoms with E-state index in [1.165, 1.54) is 16.7 Å². The van der Waals surface area contributed by atoms with Crippen LogP contribution in [0.2, 0.25) is 0 Å². The fourth-order valence-electron chi connectivity index (χ4n) is 3.09. The van der Waals surface area contributed by atoms with Crippen LogP contribution in [0.15, 0.2) is 9.13 Å². The van der Waals surface area contributed by atoms with Crippen molar-refractivity contribution in [1.82, 2.24) is 19.4 Å². The lowest BCUT2D eigenvalue weighted by atomic mass is 10.1. The van der Waals surface area contributed by atoms with E-state index in [0.29, 0.717) is 21.9 Å². The molecule has 0 aromatic carbocycles. The highest BCUT2D eigenvalue weighted by Gasteiger charge is 2.39. The SMILES string of the molecule is CSc1nc2c(=O)n(CC3CCN(C(=O)OC(C)(C)C)C3)c(C(F)(F)F)nc2s1. The van der Waals surface area contributed by atoms with Crippen LogP contribution in [0.5, 0.6) is 0 Å². The second kappa shape index (κ2) is 7.78. The maximum atomic E-state index is 13.6. The Balaban J connectivity index is 1.89. The van der Waals surface area contributed by atoms with Crippen LogP contribution in [0.3, 0.4) is 0 Å². The van der Waals surface area contributed by atoms with Crippen LogP contribution in [0, 0.1) is 5.92 Å². The van der Waals surface area contributed by atoms with Crippen molar-refractivity contribution in [3.8, 4) is 0 Å². The minimum absolute atomic E-state index is 0.0234. The Morgan fingerprint density at radius 3 is 2.59 bits per heavy atom. The first-order valence-corrected chi connectivity index (χ1v) is 10.9. The largest absolute Gasteiger partial charge is 0.449 e. The van der Waals surface area contributed by atoms with E-state index in [4.69, 9.17) is 4.74 Å². The lowest BCUT2D eigenvalue weighted by Crippen LogP contribution is -2.36. The van der Waals surface area contributed by atoms with Gasteiger partial charge in [-0.3, -0.25) is 9.36 Å². The van der Waals surface area contributed by atoms with Crippen LogP contribution >= 0.6 is 23.1 Å². The molecule has 2 aromatic rings. The Labute approximate surface area is 173 Å². The van der Waals surface area contributed by atoms with Crippen molar-refractivity contribution in [1.29, 1.82) is 0 Å². The zero-order valence-electron chi connectivity index (χ0n) is 16.4. The summed E-state index contributed by atoms with van der Waals surface area (Å²) in [5.41, 5.74) is -1.53. The molecule has 0 saturated carbocycles. The molecule has 2 aromatic heterocycles. The molecule has 0 spiro atoms. The molecule has 0 bridgehead atoms. The number of amides is 1. The molecule has 1 aliphatic heterocycles. The van der Waals surface area contributed by atoms with Crippen LogP contribution in [-0.2, 0) is 17.5 Å². The smallest absolute Gasteiger partial charge is 0.444 e. The van der Waals surface area contributed by atoms with Crippen LogP contribution < -0.4 is 5.56 Å². The van der Waals surface area contributed by atoms with Crippen molar-refractivity contribution in [2.75, 3.05) is 19.3 Å². The number of halogens is 3. The molecule has 0 aliphatic carbocycles. The van der Waals surface area contributed by atoms with E-state index in [9.17, 15) is 22.8 Å². The molecule has 1 unspecified atom stereocenters. The van der Waals surface area contributed by atoms with Crippen molar-refractivity contribution in [3.05, 3.63) is 16.2 Å². The third kappa shape index (κ3) is 4.85. The molecule has 0 radical (unpaired) electrons. The summed E-state index contributed by atoms with van der Waals surface area (Å²) in [6.45, 7) is 5.60. The monoisotopic (exact) mass is 450 g/mol. The average Bonchev–Trinajstić information content (AvgIpc) is 3.21. The lowest BCUT2D eigenvalue weighted by Gasteiger charge is -2.24. The molecular weight excluding hydrogens is 429 g/mol. The summed E-state index contributed by atoms with van der Waals surface area (Å²) >= 11 is 2.20. The Morgan fingerprint density at radius 1 is 1.31 bits per heavy atom. The first kappa shape index (κ1) is 21.9. The molecule has 1 aliphatic rings. The molecule has 160 valence electrons. The number of aromatic nitrogens is 3. The number of hydrogen-bond donors (Lipinski definition) is 0. The standard InChI is InChI=1S/C17H21F3N4O3S2/c1-16(2,3)27-15(26)23-6-5-9(7-23)8-24-12(25)10-11(29-14(21-10)28-4)22-13(24)17(18,19)20/h9H,5-8H2,1-4H3. The van der Waals surface area contributed by atoms with Gasteiger partial charge in [-0.05, 0) is 39.4 Å². The number of rotatable bonds is 3. The van der Waals surface area contributed by atoms with Gasteiger partial charge in [0.25, 0.3) is 5.56 Å². The molecule has 1 amide bonds. The van der Waals surface area contributed by atoms with E-state index in [0.717, 1.165) is 11.3 Å². The molecular formula is C17H21F3N4O3S2. The summed E-state index contributed by atoms with van der Waals surface area (Å²) in [7, 11) is 0. The number of likely N-dealkylation sites (tertiary alicyclic amines) is 1. The van der Waals surface area contributed by atoms with Gasteiger partial charge in [0, 0.05) is 19.6 Å². The number of thiazole rings is 1. The summed E-state index contributed by atoms with van der Waals surface area (Å²) in [6.07, 6.45) is -3.10. The molecule has 29 heavy (non-hydrogen) atoms. The van der Waals surface area contributed by atoms with E-state index in [1.807, 2.05) is 0 Å². The number of thioether (sulfide) groups is 1. The highest BCUT2D eigenvalue weighted by atomic mass is 32.2. The topological polar surface area (TPSA) is 77.3 Å². The van der Waals surface area contributed by atoms with E-state index >= 15 is 0 Å². The Kier molecular flexibility index (Phi) is 5.87. The van der Waals surface area contributed by atoms with Gasteiger partial charge in [-0.15, -0.1) is 0 Å². The van der Waals surface area contributed by atoms with Gasteiger partial charge in [-0.25, -0.2) is 14.8 Å². The maximum Gasteiger partial charge on any atom is 0.449 e. The first-order chi connectivity index (χ1) is 13.4. The third-order valence-electron chi connectivity index (χ3n) is 4.31. The van der Waals surface area contributed by atoms with Crippen LogP contribution in [0.25, 0.3) is 10.3 Å². The predicted molar refractivity (Wildman–Crippen MR) is 104 cm³/mol. The second-order valence-electron chi connectivity index (χ2n) is 7.77. The fraction of sp³-hybridized carbons (Fsp3) is 0.647. The van der Waals surface area contributed by atoms with Gasteiger partial charge < -0.3 is 9.64 Å². The number of carbonyl (C=O) groups excluding carboxylic acids is 1. The zero-order chi connectivity index (χ0) is 21.6. The molecule has 7 nitrogen and oxygen atoms in total. The molecule has 12 heteroatoms. The van der Waals surface area contributed by atoms with Gasteiger partial charge in [-0.2, -0.15) is 13.2 Å². The first-order valence-electron chi connectivity index (χ1n) is 8.89. The van der Waals surface area contributed by atoms with E-state index in [1.54, 1.807) is 27.0 Å². The molecule has 3 rings (SSSR count). The van der Waals surface area contributed by atoms with Crippen molar-refractivity contribution in [2.45, 2.75) is 49.9 Å². The number of nitrogens with zero attached hydrogens (tertiary/aromatic N) is 4. The van der Waals surface area contributed by atoms with Crippen molar-refractivity contribution >= 4 is 39.5 Å². The summed E-state index contributed by atoms with van der Waals surface area (Å²) in [6, 6.07) is 0. The zero-order valence-corrected chi connectivity index (χ0v) is 18.0. The summed E-state index contributed by atoms with van der Waals surface area (Å²) in [5.74, 6) is -1.55. The summed E-state index contributed by atoms with van der Waals surface area (Å²) < 4.78 is 47.2. The average molecular weight is 451 g/mol. The van der Waals surface area contributed by atoms with Gasteiger partial charge >= 0.3 is 12.3 Å². The normalized spacial score (nSPS) is 17.9. The van der Waals surface area contributed by atoms with Crippen LogP contribution in [0.1, 0.15) is 33.0 Å². The van der Waals surface area contributed by atoms with Gasteiger partial charge in [0.15, 0.2) is 14.7 Å². The fourth-order valence-corrected chi connectivity index (χ4v) is 4.51. The molecule has 0 N–H and O–H groups in total. The predicted octanol–water partition coefficient (Wildman–Crippen LogP) is 3.85. The van der Waals surface area contributed by atoms with Crippen LogP contribution in [-0.4, -0.2) is 50.5 Å². The highest BCUT2D eigenvalue weighted by Crippen LogP contribution is 2.32. The molecule has 3 heterocycles.